The number of cyclic esters (lactones) is 1. The Hall–Kier alpha value is -2.35. The molecular weight excluding hydrogens is 415 g/mol. The van der Waals surface area contributed by atoms with Gasteiger partial charge in [0.15, 0.2) is 5.66 Å². The second-order valence-electron chi connectivity index (χ2n) is 6.89. The molecule has 0 fully saturated rings. The average Bonchev–Trinajstić information content (AvgIpc) is 3.09. The van der Waals surface area contributed by atoms with Gasteiger partial charge in [0.1, 0.15) is 23.7 Å². The summed E-state index contributed by atoms with van der Waals surface area (Å²) in [5.74, 6) is -1.21. The summed E-state index contributed by atoms with van der Waals surface area (Å²) in [5.41, 5.74) is 1.02. The van der Waals surface area contributed by atoms with E-state index in [2.05, 4.69) is 4.52 Å². The first-order chi connectivity index (χ1) is 14.1. The van der Waals surface area contributed by atoms with Gasteiger partial charge in [0.05, 0.1) is 13.7 Å². The smallest absolute Gasteiger partial charge is 0.342 e. The molecule has 2 atom stereocenters. The van der Waals surface area contributed by atoms with Crippen molar-refractivity contribution in [2.45, 2.75) is 45.9 Å². The van der Waals surface area contributed by atoms with Gasteiger partial charge in [-0.1, -0.05) is 11.6 Å². The van der Waals surface area contributed by atoms with Crippen LogP contribution in [0, 0.1) is 6.92 Å². The molecule has 0 saturated heterocycles. The molecule has 0 bridgehead atoms. The summed E-state index contributed by atoms with van der Waals surface area (Å²) in [6.07, 6.45) is 1.78. The molecule has 2 rings (SSSR count). The summed E-state index contributed by atoms with van der Waals surface area (Å²) in [4.78, 5) is 34.1. The summed E-state index contributed by atoms with van der Waals surface area (Å²) in [5, 5.41) is 10.6. The van der Waals surface area contributed by atoms with E-state index in [1.807, 2.05) is 0 Å². The third-order valence-electron chi connectivity index (χ3n) is 5.03. The van der Waals surface area contributed by atoms with E-state index in [1.54, 1.807) is 26.8 Å². The van der Waals surface area contributed by atoms with E-state index in [-0.39, 0.29) is 37.4 Å². The fourth-order valence-corrected chi connectivity index (χ4v) is 4.50. The number of hydrogen-bond donors (Lipinski definition) is 2. The van der Waals surface area contributed by atoms with Crippen LogP contribution < -0.4 is 4.74 Å². The number of esters is 2. The minimum atomic E-state index is -4.22. The van der Waals surface area contributed by atoms with Gasteiger partial charge in [0.25, 0.3) is 0 Å². The maximum absolute atomic E-state index is 12.3. The first-order valence-corrected chi connectivity index (χ1v) is 11.0. The van der Waals surface area contributed by atoms with Gasteiger partial charge in [-0.3, -0.25) is 9.36 Å². The zero-order valence-electron chi connectivity index (χ0n) is 17.7. The maximum Gasteiger partial charge on any atom is 0.342 e. The highest BCUT2D eigenvalue weighted by atomic mass is 31.2. The van der Waals surface area contributed by atoms with Crippen molar-refractivity contribution in [2.24, 2.45) is 0 Å². The van der Waals surface area contributed by atoms with Crippen molar-refractivity contribution in [1.82, 2.24) is 0 Å². The third kappa shape index (κ3) is 4.69. The number of phenols is 1. The zero-order valence-corrected chi connectivity index (χ0v) is 18.6. The minimum Gasteiger partial charge on any atom is -0.507 e. The molecule has 1 aliphatic rings. The lowest BCUT2D eigenvalue weighted by Gasteiger charge is -2.20. The molecule has 0 saturated carbocycles. The Kier molecular flexibility index (Phi) is 7.69. The molecule has 9 nitrogen and oxygen atoms in total. The van der Waals surface area contributed by atoms with E-state index in [9.17, 15) is 24.2 Å². The van der Waals surface area contributed by atoms with E-state index in [0.29, 0.717) is 28.0 Å². The number of ether oxygens (including phenoxy) is 3. The second kappa shape index (κ2) is 9.64. The van der Waals surface area contributed by atoms with Crippen molar-refractivity contribution in [3.05, 3.63) is 33.9 Å². The van der Waals surface area contributed by atoms with Crippen molar-refractivity contribution in [2.75, 3.05) is 20.8 Å². The molecule has 30 heavy (non-hydrogen) atoms. The predicted molar refractivity (Wildman–Crippen MR) is 108 cm³/mol. The quantitative estimate of drug-likeness (QED) is 0.337. The van der Waals surface area contributed by atoms with Crippen molar-refractivity contribution in [1.29, 1.82) is 0 Å². The van der Waals surface area contributed by atoms with Crippen LogP contribution in [0.4, 0.5) is 0 Å². The summed E-state index contributed by atoms with van der Waals surface area (Å²) in [7, 11) is -1.70. The number of fused-ring (bicyclic) bond motifs is 1. The van der Waals surface area contributed by atoms with E-state index in [1.165, 1.54) is 7.11 Å². The molecule has 1 aromatic carbocycles. The van der Waals surface area contributed by atoms with Crippen molar-refractivity contribution in [3.63, 3.8) is 0 Å². The zero-order chi connectivity index (χ0) is 22.6. The summed E-state index contributed by atoms with van der Waals surface area (Å²) < 4.78 is 32.3. The molecular formula is C20H27O9P. The van der Waals surface area contributed by atoms with Crippen molar-refractivity contribution >= 4 is 19.5 Å². The molecule has 0 aliphatic carbocycles. The number of carbonyl (C=O) groups is 2. The highest BCUT2D eigenvalue weighted by Gasteiger charge is 2.39. The van der Waals surface area contributed by atoms with Crippen molar-refractivity contribution < 1.29 is 42.9 Å². The first kappa shape index (κ1) is 23.9. The Morgan fingerprint density at radius 1 is 1.37 bits per heavy atom. The normalized spacial score (nSPS) is 16.5. The summed E-state index contributed by atoms with van der Waals surface area (Å²) in [6, 6.07) is 0. The van der Waals surface area contributed by atoms with Crippen LogP contribution in [0.2, 0.25) is 0 Å². The fourth-order valence-electron chi connectivity index (χ4n) is 3.39. The molecule has 166 valence electrons. The highest BCUT2D eigenvalue weighted by Crippen LogP contribution is 2.49. The fraction of sp³-hybridized carbons (Fsp3) is 0.500. The summed E-state index contributed by atoms with van der Waals surface area (Å²) >= 11 is 0. The topological polar surface area (TPSA) is 129 Å². The summed E-state index contributed by atoms with van der Waals surface area (Å²) in [6.45, 7) is 5.19. The van der Waals surface area contributed by atoms with Gasteiger partial charge in [0.2, 0.25) is 0 Å². The lowest BCUT2D eigenvalue weighted by Crippen LogP contribution is -2.24. The van der Waals surface area contributed by atoms with E-state index < -0.39 is 25.2 Å². The van der Waals surface area contributed by atoms with Crippen LogP contribution in [-0.4, -0.2) is 48.4 Å². The van der Waals surface area contributed by atoms with Crippen LogP contribution in [0.25, 0.3) is 0 Å². The predicted octanol–water partition coefficient (Wildman–Crippen LogP) is 3.02. The standard InChI is InChI=1S/C20H27O9P/c1-6-28-19(22)15(30(24,25)27-5)9-11(2)7-8-13-17(21)16-14(10-29-20(16)23)12(3)18(13)26-4/h7,15,21H,6,8-10H2,1-5H3,(H,24,25)/b11-7+. The number of carbonyl (C=O) groups excluding carboxylic acids is 2. The number of hydrogen-bond acceptors (Lipinski definition) is 8. The number of benzene rings is 1. The Balaban J connectivity index is 2.35. The van der Waals surface area contributed by atoms with Crippen LogP contribution in [0.3, 0.4) is 0 Å². The number of rotatable bonds is 9. The Bertz CT molecular complexity index is 920. The SMILES string of the molecule is CCOC(=O)C(C/C(C)=C/Cc1c(O)c2c(c(C)c1OC)COC2=O)P(=O)(O)OC. The number of aromatic hydroxyl groups is 1. The van der Waals surface area contributed by atoms with Gasteiger partial charge in [-0.05, 0) is 39.2 Å². The number of allylic oxidation sites excluding steroid dienone is 2. The molecule has 10 heteroatoms. The van der Waals surface area contributed by atoms with Crippen LogP contribution in [-0.2, 0) is 36.4 Å². The Labute approximate surface area is 175 Å². The van der Waals surface area contributed by atoms with Gasteiger partial charge < -0.3 is 28.7 Å². The first-order valence-electron chi connectivity index (χ1n) is 9.37. The Morgan fingerprint density at radius 3 is 2.60 bits per heavy atom. The number of methoxy groups -OCH3 is 1. The van der Waals surface area contributed by atoms with E-state index in [4.69, 9.17) is 14.2 Å². The third-order valence-corrected chi connectivity index (χ3v) is 6.74. The lowest BCUT2D eigenvalue weighted by molar-refractivity contribution is -0.143. The van der Waals surface area contributed by atoms with Gasteiger partial charge in [-0.2, -0.15) is 0 Å². The Morgan fingerprint density at radius 2 is 2.03 bits per heavy atom. The molecule has 0 amide bonds. The molecule has 1 aliphatic heterocycles. The van der Waals surface area contributed by atoms with Gasteiger partial charge >= 0.3 is 19.5 Å². The largest absolute Gasteiger partial charge is 0.507 e. The molecule has 0 aromatic heterocycles. The number of phenolic OH excluding ortho intramolecular Hbond substituents is 1. The average molecular weight is 442 g/mol. The van der Waals surface area contributed by atoms with E-state index >= 15 is 0 Å². The maximum atomic E-state index is 12.3. The van der Waals surface area contributed by atoms with Crippen LogP contribution >= 0.6 is 7.60 Å². The van der Waals surface area contributed by atoms with Crippen molar-refractivity contribution in [3.8, 4) is 11.5 Å². The molecule has 0 spiro atoms. The molecule has 2 unspecified atom stereocenters. The highest BCUT2D eigenvalue weighted by molar-refractivity contribution is 7.54. The van der Waals surface area contributed by atoms with Gasteiger partial charge in [0, 0.05) is 18.2 Å². The van der Waals surface area contributed by atoms with Crippen LogP contribution in [0.15, 0.2) is 11.6 Å². The monoisotopic (exact) mass is 442 g/mol. The lowest BCUT2D eigenvalue weighted by atomic mass is 9.94. The molecule has 1 heterocycles. The molecule has 0 radical (unpaired) electrons. The molecule has 1 aromatic rings. The second-order valence-corrected chi connectivity index (χ2v) is 9.01. The van der Waals surface area contributed by atoms with E-state index in [0.717, 1.165) is 7.11 Å². The minimum absolute atomic E-state index is 0.0668. The molecule has 2 N–H and O–H groups in total. The van der Waals surface area contributed by atoms with Gasteiger partial charge in [-0.25, -0.2) is 4.79 Å². The van der Waals surface area contributed by atoms with Crippen LogP contribution in [0.5, 0.6) is 11.5 Å². The van der Waals surface area contributed by atoms with Crippen LogP contribution in [0.1, 0.15) is 47.3 Å². The van der Waals surface area contributed by atoms with Gasteiger partial charge in [-0.15, -0.1) is 0 Å².